The van der Waals surface area contributed by atoms with Gasteiger partial charge in [-0.15, -0.1) is 0 Å². The van der Waals surface area contributed by atoms with E-state index in [1.165, 1.54) is 29.9 Å². The van der Waals surface area contributed by atoms with E-state index in [1.807, 2.05) is 12.3 Å². The monoisotopic (exact) mass is 412 g/mol. The number of ether oxygens (including phenoxy) is 1. The van der Waals surface area contributed by atoms with Gasteiger partial charge < -0.3 is 15.0 Å². The van der Waals surface area contributed by atoms with Gasteiger partial charge in [0.15, 0.2) is 5.82 Å². The Hall–Kier alpha value is -3.05. The SMILES string of the molecule is CN1c2cccnc2NC1CN1C[C@@H]2C(COc3cccc(-c4ccccc4)c3)[C@@H]2C1. The number of hydrogen-bond donors (Lipinski definition) is 1. The maximum Gasteiger partial charge on any atom is 0.151 e. The lowest BCUT2D eigenvalue weighted by Gasteiger charge is -2.28. The van der Waals surface area contributed by atoms with Crippen LogP contribution in [0, 0.1) is 17.8 Å². The minimum absolute atomic E-state index is 0.304. The molecule has 3 aliphatic rings. The average molecular weight is 413 g/mol. The summed E-state index contributed by atoms with van der Waals surface area (Å²) in [6.45, 7) is 4.22. The van der Waals surface area contributed by atoms with E-state index in [1.54, 1.807) is 0 Å². The molecule has 1 N–H and O–H groups in total. The number of rotatable bonds is 6. The molecule has 2 unspecified atom stereocenters. The van der Waals surface area contributed by atoms with Crippen LogP contribution in [0.15, 0.2) is 72.9 Å². The summed E-state index contributed by atoms with van der Waals surface area (Å²) in [6, 6.07) is 23.1. The van der Waals surface area contributed by atoms with E-state index < -0.39 is 0 Å². The number of benzene rings is 2. The number of pyridine rings is 1. The predicted molar refractivity (Wildman–Crippen MR) is 124 cm³/mol. The fourth-order valence-electron chi connectivity index (χ4n) is 5.35. The van der Waals surface area contributed by atoms with Crippen molar-refractivity contribution in [2.24, 2.45) is 17.8 Å². The van der Waals surface area contributed by atoms with Crippen LogP contribution in [0.2, 0.25) is 0 Å². The predicted octanol–water partition coefficient (Wildman–Crippen LogP) is 4.19. The molecule has 0 amide bonds. The Morgan fingerprint density at radius 1 is 0.968 bits per heavy atom. The molecule has 2 fully saturated rings. The molecule has 5 heteroatoms. The zero-order valence-electron chi connectivity index (χ0n) is 17.8. The van der Waals surface area contributed by atoms with E-state index in [4.69, 9.17) is 4.74 Å². The van der Waals surface area contributed by atoms with E-state index in [-0.39, 0.29) is 0 Å². The fraction of sp³-hybridized carbons (Fsp3) is 0.346. The van der Waals surface area contributed by atoms with Gasteiger partial charge in [0.05, 0.1) is 12.3 Å². The quantitative estimate of drug-likeness (QED) is 0.657. The van der Waals surface area contributed by atoms with Gasteiger partial charge in [0, 0.05) is 38.8 Å². The zero-order chi connectivity index (χ0) is 20.8. The van der Waals surface area contributed by atoms with E-state index >= 15 is 0 Å². The molecule has 4 atom stereocenters. The molecule has 0 radical (unpaired) electrons. The standard InChI is InChI=1S/C26H28N4O/c1-29-24-11-6-12-27-26(24)28-25(29)16-30-14-21-22(15-30)23(21)17-31-20-10-5-9-19(13-20)18-7-3-2-4-8-18/h2-13,21-23,25H,14-17H2,1H3,(H,27,28)/t21-,22+,23?,25?. The van der Waals surface area contributed by atoms with Crippen LogP contribution in [-0.2, 0) is 0 Å². The summed E-state index contributed by atoms with van der Waals surface area (Å²) in [5.74, 6) is 4.24. The third-order valence-corrected chi connectivity index (χ3v) is 7.20. The number of nitrogens with one attached hydrogen (secondary N) is 1. The minimum Gasteiger partial charge on any atom is -0.493 e. The molecule has 31 heavy (non-hydrogen) atoms. The van der Waals surface area contributed by atoms with Gasteiger partial charge in [-0.3, -0.25) is 4.90 Å². The van der Waals surface area contributed by atoms with Crippen molar-refractivity contribution in [2.45, 2.75) is 6.17 Å². The highest BCUT2D eigenvalue weighted by atomic mass is 16.5. The Morgan fingerprint density at radius 2 is 1.77 bits per heavy atom. The van der Waals surface area contributed by atoms with Gasteiger partial charge in [-0.05, 0) is 47.2 Å². The maximum absolute atomic E-state index is 6.21. The van der Waals surface area contributed by atoms with Crippen LogP contribution < -0.4 is 15.0 Å². The van der Waals surface area contributed by atoms with Crippen molar-refractivity contribution >= 4 is 11.5 Å². The Kier molecular flexibility index (Phi) is 4.57. The summed E-state index contributed by atoms with van der Waals surface area (Å²) in [7, 11) is 2.15. The van der Waals surface area contributed by atoms with Crippen LogP contribution >= 0.6 is 0 Å². The molecule has 1 saturated carbocycles. The topological polar surface area (TPSA) is 40.6 Å². The van der Waals surface area contributed by atoms with Gasteiger partial charge in [-0.2, -0.15) is 0 Å². The largest absolute Gasteiger partial charge is 0.493 e. The number of anilines is 2. The number of likely N-dealkylation sites (N-methyl/N-ethyl adjacent to an activating group) is 1. The number of piperidine rings is 1. The number of aromatic nitrogens is 1. The van der Waals surface area contributed by atoms with E-state index in [2.05, 4.69) is 87.8 Å². The van der Waals surface area contributed by atoms with Crippen LogP contribution in [0.1, 0.15) is 0 Å². The fourth-order valence-corrected chi connectivity index (χ4v) is 5.35. The van der Waals surface area contributed by atoms with Crippen LogP contribution in [-0.4, -0.2) is 49.3 Å². The number of fused-ring (bicyclic) bond motifs is 2. The van der Waals surface area contributed by atoms with Crippen molar-refractivity contribution in [2.75, 3.05) is 43.5 Å². The number of likely N-dealkylation sites (tertiary alicyclic amines) is 1. The van der Waals surface area contributed by atoms with Crippen LogP contribution in [0.3, 0.4) is 0 Å². The highest BCUT2D eigenvalue weighted by molar-refractivity contribution is 5.71. The highest BCUT2D eigenvalue weighted by Gasteiger charge is 2.56. The van der Waals surface area contributed by atoms with Gasteiger partial charge in [0.25, 0.3) is 0 Å². The Balaban J connectivity index is 1.00. The van der Waals surface area contributed by atoms with Crippen molar-refractivity contribution < 1.29 is 4.74 Å². The third kappa shape index (κ3) is 3.53. The van der Waals surface area contributed by atoms with Crippen LogP contribution in [0.5, 0.6) is 5.75 Å². The highest BCUT2D eigenvalue weighted by Crippen LogP contribution is 2.52. The van der Waals surface area contributed by atoms with Crippen molar-refractivity contribution in [3.05, 3.63) is 72.9 Å². The lowest BCUT2D eigenvalue weighted by molar-refractivity contribution is 0.230. The van der Waals surface area contributed by atoms with Crippen molar-refractivity contribution in [3.63, 3.8) is 0 Å². The van der Waals surface area contributed by atoms with Crippen molar-refractivity contribution in [3.8, 4) is 16.9 Å². The molecular weight excluding hydrogens is 384 g/mol. The molecule has 6 rings (SSSR count). The number of hydrogen-bond acceptors (Lipinski definition) is 5. The molecular formula is C26H28N4O. The van der Waals surface area contributed by atoms with Gasteiger partial charge in [0.2, 0.25) is 0 Å². The summed E-state index contributed by atoms with van der Waals surface area (Å²) in [6.07, 6.45) is 2.16. The number of nitrogens with zero attached hydrogens (tertiary/aromatic N) is 3. The second kappa shape index (κ2) is 7.57. The molecule has 2 aromatic carbocycles. The van der Waals surface area contributed by atoms with Crippen molar-refractivity contribution in [1.82, 2.24) is 9.88 Å². The first kappa shape index (κ1) is 18.7. The summed E-state index contributed by atoms with van der Waals surface area (Å²) in [4.78, 5) is 9.37. The maximum atomic E-state index is 6.21. The average Bonchev–Trinajstić information content (AvgIpc) is 3.12. The summed E-state index contributed by atoms with van der Waals surface area (Å²) in [5, 5.41) is 3.57. The first-order valence-corrected chi connectivity index (χ1v) is 11.2. The Labute approximate surface area is 183 Å². The van der Waals surface area contributed by atoms with Gasteiger partial charge >= 0.3 is 0 Å². The zero-order valence-corrected chi connectivity index (χ0v) is 17.8. The minimum atomic E-state index is 0.304. The van der Waals surface area contributed by atoms with Gasteiger partial charge in [-0.25, -0.2) is 4.98 Å². The van der Waals surface area contributed by atoms with Gasteiger partial charge in [0.1, 0.15) is 11.9 Å². The van der Waals surface area contributed by atoms with Crippen LogP contribution in [0.4, 0.5) is 11.5 Å². The lowest BCUT2D eigenvalue weighted by atomic mass is 10.1. The molecule has 3 heterocycles. The second-order valence-corrected chi connectivity index (χ2v) is 9.06. The normalized spacial score (nSPS) is 26.3. The summed E-state index contributed by atoms with van der Waals surface area (Å²) < 4.78 is 6.21. The smallest absolute Gasteiger partial charge is 0.151 e. The van der Waals surface area contributed by atoms with Gasteiger partial charge in [-0.1, -0.05) is 42.5 Å². The molecule has 3 aromatic rings. The molecule has 1 aliphatic carbocycles. The summed E-state index contributed by atoms with van der Waals surface area (Å²) >= 11 is 0. The molecule has 1 saturated heterocycles. The lowest BCUT2D eigenvalue weighted by Crippen LogP contribution is -2.43. The van der Waals surface area contributed by atoms with Crippen molar-refractivity contribution in [1.29, 1.82) is 0 Å². The Morgan fingerprint density at radius 3 is 2.58 bits per heavy atom. The molecule has 1 aromatic heterocycles. The molecule has 0 spiro atoms. The molecule has 5 nitrogen and oxygen atoms in total. The summed E-state index contributed by atoms with van der Waals surface area (Å²) in [5.41, 5.74) is 3.64. The molecule has 2 aliphatic heterocycles. The van der Waals surface area contributed by atoms with E-state index in [9.17, 15) is 0 Å². The third-order valence-electron chi connectivity index (χ3n) is 7.20. The first-order valence-electron chi connectivity index (χ1n) is 11.2. The second-order valence-electron chi connectivity index (χ2n) is 9.06. The Bertz CT molecular complexity index is 1060. The molecule has 158 valence electrons. The van der Waals surface area contributed by atoms with E-state index in [0.29, 0.717) is 12.1 Å². The van der Waals surface area contributed by atoms with E-state index in [0.717, 1.165) is 36.6 Å². The van der Waals surface area contributed by atoms with Crippen LogP contribution in [0.25, 0.3) is 11.1 Å². The first-order chi connectivity index (χ1) is 15.3. The molecule has 0 bridgehead atoms.